The number of amides is 3. The number of ether oxygens (including phenoxy) is 4. The molecule has 1 aliphatic rings. The van der Waals surface area contributed by atoms with Crippen LogP contribution in [0.3, 0.4) is 0 Å². The highest BCUT2D eigenvalue weighted by Gasteiger charge is 2.31. The first-order chi connectivity index (χ1) is 23.4. The number of aliphatic carboxylic acids is 1. The molecule has 0 bridgehead atoms. The van der Waals surface area contributed by atoms with Crippen molar-refractivity contribution in [3.05, 3.63) is 63.1 Å². The van der Waals surface area contributed by atoms with Gasteiger partial charge in [0.2, 0.25) is 11.7 Å². The van der Waals surface area contributed by atoms with Gasteiger partial charge in [-0.1, -0.05) is 6.07 Å². The molecule has 1 aliphatic heterocycles. The van der Waals surface area contributed by atoms with E-state index in [0.29, 0.717) is 0 Å². The fourth-order valence-corrected chi connectivity index (χ4v) is 4.78. The molecule has 0 saturated carbocycles. The average molecular weight is 652 g/mol. The summed E-state index contributed by atoms with van der Waals surface area (Å²) in [6.45, 7) is 3.58. The van der Waals surface area contributed by atoms with Crippen LogP contribution in [0.4, 0.5) is 11.4 Å². The Morgan fingerprint density at radius 3 is 2.33 bits per heavy atom. The van der Waals surface area contributed by atoms with E-state index in [1.54, 1.807) is 26.0 Å². The summed E-state index contributed by atoms with van der Waals surface area (Å²) >= 11 is 3.04. The summed E-state index contributed by atoms with van der Waals surface area (Å²) in [6.07, 6.45) is -0.738. The van der Waals surface area contributed by atoms with Crippen LogP contribution < -0.4 is 34.9 Å². The fraction of sp³-hybridized carbons (Fsp3) is 0.241. The van der Waals surface area contributed by atoms with Crippen molar-refractivity contribution in [1.29, 1.82) is 0 Å². The first-order valence-corrected chi connectivity index (χ1v) is 12.7. The van der Waals surface area contributed by atoms with E-state index in [0.717, 1.165) is 23.3 Å². The van der Waals surface area contributed by atoms with Gasteiger partial charge in [-0.2, -0.15) is 0 Å². The van der Waals surface area contributed by atoms with Crippen LogP contribution in [0.25, 0.3) is 0 Å². The molecule has 0 aromatic heterocycles. The Kier molecular flexibility index (Phi) is 5.95. The number of aryl methyl sites for hydroxylation is 2. The number of fused-ring (bicyclic) bond motifs is 1. The zero-order valence-corrected chi connectivity index (χ0v) is 23.4. The summed E-state index contributed by atoms with van der Waals surface area (Å²) in [7, 11) is -9.80. The lowest BCUT2D eigenvalue weighted by atomic mass is 10.1. The predicted molar refractivity (Wildman–Crippen MR) is 156 cm³/mol. The Labute approximate surface area is 262 Å². The van der Waals surface area contributed by atoms with Crippen molar-refractivity contribution in [1.82, 2.24) is 5.32 Å². The molecule has 0 saturated heterocycles. The van der Waals surface area contributed by atoms with Crippen LogP contribution in [0.1, 0.15) is 50.6 Å². The Morgan fingerprint density at radius 2 is 1.67 bits per heavy atom. The van der Waals surface area contributed by atoms with Gasteiger partial charge in [-0.15, -0.1) is 0 Å². The standard InChI is InChI=1S/C29H28BrN3O9/c1-13-6-14(2)8-15(7-13)42-21-9-16-18(31-29(38)20(12-23(34)35)33-27(16)36)11-19(21)32-28(37)17-10-22(39-3)25(40-4)26(41-5)24(17)30/h6-11,20H,12H2,1-5H3,(H,31,38)(H,32,37)(H,33,36)(H,34,35)/t20-/m0/s1/i3D3,4D3,5D3. The van der Waals surface area contributed by atoms with E-state index >= 15 is 0 Å². The van der Waals surface area contributed by atoms with Crippen molar-refractivity contribution < 1.29 is 55.6 Å². The number of carboxylic acids is 1. The summed E-state index contributed by atoms with van der Waals surface area (Å²) in [5.41, 5.74) is 0.503. The van der Waals surface area contributed by atoms with Crippen molar-refractivity contribution in [3.8, 4) is 28.7 Å². The summed E-state index contributed by atoms with van der Waals surface area (Å²) < 4.78 is 88.2. The van der Waals surface area contributed by atoms with Crippen molar-refractivity contribution in [2.24, 2.45) is 0 Å². The van der Waals surface area contributed by atoms with Crippen LogP contribution in [-0.4, -0.2) is 56.0 Å². The molecule has 0 unspecified atom stereocenters. The number of methoxy groups -OCH3 is 3. The van der Waals surface area contributed by atoms with Gasteiger partial charge in [0.1, 0.15) is 11.8 Å². The summed E-state index contributed by atoms with van der Waals surface area (Å²) in [5.74, 6) is -6.90. The minimum Gasteiger partial charge on any atom is -0.493 e. The fourth-order valence-electron chi connectivity index (χ4n) is 4.22. The van der Waals surface area contributed by atoms with Gasteiger partial charge < -0.3 is 40.0 Å². The molecule has 42 heavy (non-hydrogen) atoms. The maximum atomic E-state index is 13.9. The second-order valence-electron chi connectivity index (χ2n) is 9.09. The third-order valence-corrected chi connectivity index (χ3v) is 6.78. The molecule has 3 amide bonds. The maximum absolute atomic E-state index is 13.9. The molecule has 0 fully saturated rings. The molecule has 4 rings (SSSR count). The van der Waals surface area contributed by atoms with Crippen molar-refractivity contribution in [2.75, 3.05) is 31.7 Å². The Bertz CT molecular complexity index is 1890. The van der Waals surface area contributed by atoms with E-state index in [2.05, 4.69) is 31.9 Å². The maximum Gasteiger partial charge on any atom is 0.305 e. The second kappa shape index (κ2) is 12.4. The van der Waals surface area contributed by atoms with E-state index < -0.39 is 84.6 Å². The Morgan fingerprint density at radius 1 is 0.976 bits per heavy atom. The lowest BCUT2D eigenvalue weighted by Crippen LogP contribution is -2.42. The summed E-state index contributed by atoms with van der Waals surface area (Å²) in [4.78, 5) is 51.3. The normalized spacial score (nSPS) is 18.2. The first kappa shape index (κ1) is 20.2. The number of rotatable bonds is 9. The Balaban J connectivity index is 1.90. The van der Waals surface area contributed by atoms with E-state index in [1.165, 1.54) is 6.07 Å². The molecule has 12 nitrogen and oxygen atoms in total. The van der Waals surface area contributed by atoms with Crippen molar-refractivity contribution >= 4 is 51.0 Å². The van der Waals surface area contributed by atoms with Gasteiger partial charge >= 0.3 is 5.97 Å². The van der Waals surface area contributed by atoms with Gasteiger partial charge in [0.15, 0.2) is 17.2 Å². The lowest BCUT2D eigenvalue weighted by molar-refractivity contribution is -0.139. The molecule has 3 aromatic carbocycles. The highest BCUT2D eigenvalue weighted by atomic mass is 79.9. The van der Waals surface area contributed by atoms with Gasteiger partial charge in [-0.25, -0.2) is 0 Å². The Hall–Kier alpha value is -4.78. The molecule has 1 heterocycles. The van der Waals surface area contributed by atoms with Crippen molar-refractivity contribution in [2.45, 2.75) is 26.3 Å². The number of carboxylic acid groups (broad SMARTS) is 1. The third kappa shape index (κ3) is 6.25. The molecular weight excluding hydrogens is 614 g/mol. The molecule has 0 spiro atoms. The minimum absolute atomic E-state index is 0.160. The van der Waals surface area contributed by atoms with E-state index in [4.69, 9.17) is 31.3 Å². The molecule has 13 heteroatoms. The van der Waals surface area contributed by atoms with E-state index in [1.807, 2.05) is 6.07 Å². The van der Waals surface area contributed by atoms with Gasteiger partial charge in [0, 0.05) is 0 Å². The zero-order valence-electron chi connectivity index (χ0n) is 30.8. The number of hydrogen-bond donors (Lipinski definition) is 4. The van der Waals surface area contributed by atoms with Gasteiger partial charge in [-0.05, 0) is 71.2 Å². The number of carbonyl (C=O) groups is 4. The summed E-state index contributed by atoms with van der Waals surface area (Å²) in [5, 5.41) is 16.5. The monoisotopic (exact) mass is 650 g/mol. The molecular formula is C29H28BrN3O9. The smallest absolute Gasteiger partial charge is 0.305 e. The number of nitrogens with one attached hydrogen (secondary N) is 3. The number of carbonyl (C=O) groups excluding carboxylic acids is 3. The predicted octanol–water partition coefficient (Wildman–Crippen LogP) is 4.66. The highest BCUT2D eigenvalue weighted by Crippen LogP contribution is 2.45. The van der Waals surface area contributed by atoms with Crippen LogP contribution in [0.5, 0.6) is 28.7 Å². The summed E-state index contributed by atoms with van der Waals surface area (Å²) in [6, 6.07) is 6.77. The number of benzene rings is 3. The average Bonchev–Trinajstić information content (AvgIpc) is 3.04. The highest BCUT2D eigenvalue weighted by molar-refractivity contribution is 9.10. The van der Waals surface area contributed by atoms with Crippen LogP contribution in [-0.2, 0) is 9.59 Å². The molecule has 1 atom stereocenters. The molecule has 0 radical (unpaired) electrons. The molecule has 0 aliphatic carbocycles. The SMILES string of the molecule is [2H]C([2H])([2H])Oc1cc(C(=O)Nc2cc3c(cc2Oc2cc(C)cc(C)c2)C(=O)N[C@@H](CC(=O)O)C(=O)N3)c(Br)c(OC([2H])([2H])[2H])c1OC([2H])([2H])[2H]. The molecule has 3 aromatic rings. The minimum atomic E-state index is -3.27. The lowest BCUT2D eigenvalue weighted by Gasteiger charge is -2.19. The largest absolute Gasteiger partial charge is 0.493 e. The van der Waals surface area contributed by atoms with Gasteiger partial charge in [0.05, 0.1) is 66.8 Å². The van der Waals surface area contributed by atoms with E-state index in [9.17, 15) is 24.3 Å². The third-order valence-electron chi connectivity index (χ3n) is 5.99. The number of anilines is 2. The molecule has 220 valence electrons. The van der Waals surface area contributed by atoms with Crippen LogP contribution in [0.15, 0.2) is 40.9 Å². The number of hydrogen-bond acceptors (Lipinski definition) is 8. The quantitative estimate of drug-likeness (QED) is 0.258. The van der Waals surface area contributed by atoms with Gasteiger partial charge in [-0.3, -0.25) is 19.2 Å². The topological polar surface area (TPSA) is 162 Å². The van der Waals surface area contributed by atoms with Crippen LogP contribution in [0, 0.1) is 13.8 Å². The molecule has 4 N–H and O–H groups in total. The van der Waals surface area contributed by atoms with Gasteiger partial charge in [0.25, 0.3) is 11.8 Å². The van der Waals surface area contributed by atoms with Crippen LogP contribution in [0.2, 0.25) is 0 Å². The second-order valence-corrected chi connectivity index (χ2v) is 9.88. The zero-order chi connectivity index (χ0) is 38.2. The van der Waals surface area contributed by atoms with Crippen LogP contribution >= 0.6 is 15.9 Å². The first-order valence-electron chi connectivity index (χ1n) is 16.4. The van der Waals surface area contributed by atoms with Crippen molar-refractivity contribution in [3.63, 3.8) is 0 Å². The number of halogens is 1. The van der Waals surface area contributed by atoms with E-state index in [-0.39, 0.29) is 28.4 Å².